The van der Waals surface area contributed by atoms with Crippen LogP contribution in [0.15, 0.2) is 43.1 Å². The fraction of sp³-hybridized carbons (Fsp3) is 0. The quantitative estimate of drug-likeness (QED) is 0.546. The number of rotatable bonds is 1. The normalized spacial score (nSPS) is 11.4. The molecule has 0 saturated carbocycles. The van der Waals surface area contributed by atoms with Gasteiger partial charge in [-0.05, 0) is 12.1 Å². The Morgan fingerprint density at radius 2 is 2.05 bits per heavy atom. The van der Waals surface area contributed by atoms with Crippen molar-refractivity contribution in [3.8, 4) is 11.4 Å². The Labute approximate surface area is 107 Å². The van der Waals surface area contributed by atoms with Crippen molar-refractivity contribution in [1.29, 1.82) is 0 Å². The summed E-state index contributed by atoms with van der Waals surface area (Å²) in [7, 11) is 0. The van der Waals surface area contributed by atoms with Gasteiger partial charge in [-0.2, -0.15) is 5.10 Å². The summed E-state index contributed by atoms with van der Waals surface area (Å²) < 4.78 is 3.59. The Bertz CT molecular complexity index is 889. The molecule has 0 aliphatic carbocycles. The van der Waals surface area contributed by atoms with Crippen LogP contribution in [0, 0.1) is 0 Å². The third kappa shape index (κ3) is 1.38. The summed E-state index contributed by atoms with van der Waals surface area (Å²) in [6.07, 6.45) is 8.76. The minimum Gasteiger partial charge on any atom is -0.398 e. The van der Waals surface area contributed by atoms with E-state index in [-0.39, 0.29) is 0 Å². The van der Waals surface area contributed by atoms with Gasteiger partial charge >= 0.3 is 0 Å². The first-order valence-corrected chi connectivity index (χ1v) is 5.71. The molecule has 4 aromatic heterocycles. The number of nitrogens with two attached hydrogens (primary N) is 1. The van der Waals surface area contributed by atoms with Gasteiger partial charge in [0.2, 0.25) is 0 Å². The molecule has 19 heavy (non-hydrogen) atoms. The summed E-state index contributed by atoms with van der Waals surface area (Å²) in [6.45, 7) is 0. The number of nitrogen functional groups attached to an aromatic ring is 1. The molecule has 7 nitrogen and oxygen atoms in total. The third-order valence-electron chi connectivity index (χ3n) is 2.99. The largest absolute Gasteiger partial charge is 0.398 e. The summed E-state index contributed by atoms with van der Waals surface area (Å²) in [4.78, 5) is 4.11. The van der Waals surface area contributed by atoms with Crippen LogP contribution in [-0.4, -0.2) is 29.2 Å². The lowest BCUT2D eigenvalue weighted by Gasteiger charge is -1.99. The van der Waals surface area contributed by atoms with Gasteiger partial charge < -0.3 is 5.73 Å². The number of nitrogens with zero attached hydrogens (tertiary/aromatic N) is 6. The molecule has 0 atom stereocenters. The van der Waals surface area contributed by atoms with E-state index in [9.17, 15) is 0 Å². The molecule has 0 unspecified atom stereocenters. The van der Waals surface area contributed by atoms with Crippen molar-refractivity contribution < 1.29 is 0 Å². The van der Waals surface area contributed by atoms with Crippen molar-refractivity contribution in [3.05, 3.63) is 43.1 Å². The molecule has 0 bridgehead atoms. The number of pyridine rings is 1. The summed E-state index contributed by atoms with van der Waals surface area (Å²) in [6, 6.07) is 3.63. The van der Waals surface area contributed by atoms with Gasteiger partial charge in [-0.25, -0.2) is 4.52 Å². The molecule has 2 N–H and O–H groups in total. The lowest BCUT2D eigenvalue weighted by Crippen LogP contribution is -1.93. The molecule has 7 heteroatoms. The predicted octanol–water partition coefficient (Wildman–Crippen LogP) is 1.02. The van der Waals surface area contributed by atoms with E-state index >= 15 is 0 Å². The van der Waals surface area contributed by atoms with Gasteiger partial charge in [-0.3, -0.25) is 9.38 Å². The lowest BCUT2D eigenvalue weighted by atomic mass is 10.3. The molecule has 0 radical (unpaired) electrons. The Kier molecular flexibility index (Phi) is 1.85. The SMILES string of the molecule is Nc1ccc2nnc(-c3cnn4ccncc34)n2c1. The maximum atomic E-state index is 5.81. The highest BCUT2D eigenvalue weighted by Crippen LogP contribution is 2.23. The van der Waals surface area contributed by atoms with Crippen LogP contribution < -0.4 is 5.73 Å². The molecular weight excluding hydrogens is 242 g/mol. The van der Waals surface area contributed by atoms with E-state index in [1.54, 1.807) is 41.6 Å². The second-order valence-electron chi connectivity index (χ2n) is 4.18. The van der Waals surface area contributed by atoms with Crippen LogP contribution in [0.3, 0.4) is 0 Å². The van der Waals surface area contributed by atoms with E-state index in [0.29, 0.717) is 11.5 Å². The van der Waals surface area contributed by atoms with Gasteiger partial charge in [-0.15, -0.1) is 10.2 Å². The molecule has 0 aliphatic rings. The van der Waals surface area contributed by atoms with Gasteiger partial charge in [0.15, 0.2) is 11.5 Å². The first-order valence-electron chi connectivity index (χ1n) is 5.71. The van der Waals surface area contributed by atoms with Gasteiger partial charge in [0.05, 0.1) is 23.5 Å². The van der Waals surface area contributed by atoms with Crippen LogP contribution in [0.2, 0.25) is 0 Å². The maximum Gasteiger partial charge on any atom is 0.172 e. The first-order chi connectivity index (χ1) is 9.33. The monoisotopic (exact) mass is 251 g/mol. The van der Waals surface area contributed by atoms with Crippen molar-refractivity contribution in [3.63, 3.8) is 0 Å². The van der Waals surface area contributed by atoms with Crippen LogP contribution in [0.25, 0.3) is 22.6 Å². The molecule has 0 spiro atoms. The van der Waals surface area contributed by atoms with Gasteiger partial charge in [0.1, 0.15) is 0 Å². The highest BCUT2D eigenvalue weighted by Gasteiger charge is 2.13. The van der Waals surface area contributed by atoms with Gasteiger partial charge in [-0.1, -0.05) is 0 Å². The summed E-state index contributed by atoms with van der Waals surface area (Å²) in [5, 5.41) is 12.6. The maximum absolute atomic E-state index is 5.81. The molecule has 4 heterocycles. The number of aromatic nitrogens is 6. The van der Waals surface area contributed by atoms with E-state index in [4.69, 9.17) is 5.73 Å². The average Bonchev–Trinajstić information content (AvgIpc) is 3.01. The lowest BCUT2D eigenvalue weighted by molar-refractivity contribution is 0.946. The smallest absolute Gasteiger partial charge is 0.172 e. The second kappa shape index (κ2) is 3.52. The van der Waals surface area contributed by atoms with E-state index in [0.717, 1.165) is 16.7 Å². The topological polar surface area (TPSA) is 86.4 Å². The Morgan fingerprint density at radius 1 is 1.11 bits per heavy atom. The van der Waals surface area contributed by atoms with Crippen LogP contribution in [-0.2, 0) is 0 Å². The van der Waals surface area contributed by atoms with Gasteiger partial charge in [0.25, 0.3) is 0 Å². The minimum absolute atomic E-state index is 0.656. The molecule has 92 valence electrons. The standard InChI is InChI=1S/C12H9N7/c13-8-1-2-11-16-17-12(18(11)7-8)9-5-15-19-4-3-14-6-10(9)19/h1-7H,13H2. The average molecular weight is 251 g/mol. The Morgan fingerprint density at radius 3 is 3.00 bits per heavy atom. The third-order valence-corrected chi connectivity index (χ3v) is 2.99. The van der Waals surface area contributed by atoms with Crippen molar-refractivity contribution in [2.75, 3.05) is 5.73 Å². The molecular formula is C12H9N7. The Hall–Kier alpha value is -2.96. The van der Waals surface area contributed by atoms with Crippen LogP contribution in [0.4, 0.5) is 5.69 Å². The molecule has 4 aromatic rings. The van der Waals surface area contributed by atoms with Crippen molar-refractivity contribution in [2.45, 2.75) is 0 Å². The molecule has 0 aliphatic heterocycles. The summed E-state index contributed by atoms with van der Waals surface area (Å²) in [5.74, 6) is 0.699. The van der Waals surface area contributed by atoms with Crippen LogP contribution in [0.1, 0.15) is 0 Å². The summed E-state index contributed by atoms with van der Waals surface area (Å²) >= 11 is 0. The zero-order chi connectivity index (χ0) is 12.8. The van der Waals surface area contributed by atoms with Crippen molar-refractivity contribution in [1.82, 2.24) is 29.2 Å². The number of fused-ring (bicyclic) bond motifs is 2. The van der Waals surface area contributed by atoms with Gasteiger partial charge in [0, 0.05) is 24.3 Å². The zero-order valence-electron chi connectivity index (χ0n) is 9.80. The number of hydrogen-bond acceptors (Lipinski definition) is 5. The van der Waals surface area contributed by atoms with Crippen LogP contribution in [0.5, 0.6) is 0 Å². The summed E-state index contributed by atoms with van der Waals surface area (Å²) in [5.41, 5.74) is 8.95. The highest BCUT2D eigenvalue weighted by atomic mass is 15.3. The predicted molar refractivity (Wildman–Crippen MR) is 69.4 cm³/mol. The number of hydrogen-bond donors (Lipinski definition) is 1. The first kappa shape index (κ1) is 10.0. The second-order valence-corrected chi connectivity index (χ2v) is 4.18. The van der Waals surface area contributed by atoms with Crippen molar-refractivity contribution in [2.24, 2.45) is 0 Å². The van der Waals surface area contributed by atoms with E-state index in [1.165, 1.54) is 0 Å². The van der Waals surface area contributed by atoms with E-state index < -0.39 is 0 Å². The molecule has 0 amide bonds. The number of anilines is 1. The fourth-order valence-corrected chi connectivity index (χ4v) is 2.10. The van der Waals surface area contributed by atoms with E-state index in [1.807, 2.05) is 10.5 Å². The molecule has 0 aromatic carbocycles. The molecule has 0 saturated heterocycles. The Balaban J connectivity index is 2.06. The van der Waals surface area contributed by atoms with Crippen molar-refractivity contribution >= 4 is 16.9 Å². The van der Waals surface area contributed by atoms with Crippen LogP contribution >= 0.6 is 0 Å². The highest BCUT2D eigenvalue weighted by molar-refractivity contribution is 5.76. The van der Waals surface area contributed by atoms with E-state index in [2.05, 4.69) is 20.3 Å². The minimum atomic E-state index is 0.656. The fourth-order valence-electron chi connectivity index (χ4n) is 2.10. The zero-order valence-corrected chi connectivity index (χ0v) is 9.80. The molecule has 0 fully saturated rings. The molecule has 4 rings (SSSR count).